The predicted octanol–water partition coefficient (Wildman–Crippen LogP) is 4.08. The summed E-state index contributed by atoms with van der Waals surface area (Å²) >= 11 is 0. The lowest BCUT2D eigenvalue weighted by atomic mass is 10.1. The third kappa shape index (κ3) is 4.26. The highest BCUT2D eigenvalue weighted by Crippen LogP contribution is 2.24. The molecular formula is C16H23FN2O3. The summed E-state index contributed by atoms with van der Waals surface area (Å²) in [5, 5.41) is 11.0. The van der Waals surface area contributed by atoms with E-state index in [0.29, 0.717) is 6.54 Å². The van der Waals surface area contributed by atoms with Crippen molar-refractivity contribution in [3.8, 4) is 0 Å². The molecule has 122 valence electrons. The summed E-state index contributed by atoms with van der Waals surface area (Å²) in [4.78, 5) is 24.5. The van der Waals surface area contributed by atoms with E-state index in [9.17, 15) is 19.3 Å². The molecule has 0 spiro atoms. The van der Waals surface area contributed by atoms with Crippen molar-refractivity contribution in [1.82, 2.24) is 4.90 Å². The SMILES string of the molecule is CCCCCN(C(=O)c1cc(F)c(C)c([N+](=O)[O-])c1)C(C)C. The number of carbonyl (C=O) groups is 1. The monoisotopic (exact) mass is 310 g/mol. The number of nitro benzene ring substituents is 1. The third-order valence-electron chi connectivity index (χ3n) is 3.65. The van der Waals surface area contributed by atoms with Crippen LogP contribution in [0.1, 0.15) is 56.0 Å². The molecule has 0 fully saturated rings. The van der Waals surface area contributed by atoms with Crippen molar-refractivity contribution in [2.24, 2.45) is 0 Å². The maximum Gasteiger partial charge on any atom is 0.276 e. The van der Waals surface area contributed by atoms with Gasteiger partial charge in [0.25, 0.3) is 11.6 Å². The average Bonchev–Trinajstić information content (AvgIpc) is 2.45. The minimum atomic E-state index is -0.727. The van der Waals surface area contributed by atoms with Gasteiger partial charge in [-0.15, -0.1) is 0 Å². The molecule has 1 aromatic rings. The molecule has 0 radical (unpaired) electrons. The van der Waals surface area contributed by atoms with Crippen LogP contribution in [-0.2, 0) is 0 Å². The fourth-order valence-corrected chi connectivity index (χ4v) is 2.27. The summed E-state index contributed by atoms with van der Waals surface area (Å²) in [5.74, 6) is -1.09. The molecule has 0 aliphatic carbocycles. The molecule has 0 atom stereocenters. The molecule has 0 bridgehead atoms. The van der Waals surface area contributed by atoms with Crippen LogP contribution in [0, 0.1) is 22.9 Å². The molecular weight excluding hydrogens is 287 g/mol. The summed E-state index contributed by atoms with van der Waals surface area (Å²) < 4.78 is 13.9. The van der Waals surface area contributed by atoms with Gasteiger partial charge >= 0.3 is 0 Å². The molecule has 5 nitrogen and oxygen atoms in total. The van der Waals surface area contributed by atoms with Crippen molar-refractivity contribution < 1.29 is 14.1 Å². The number of benzene rings is 1. The van der Waals surface area contributed by atoms with Crippen LogP contribution in [0.5, 0.6) is 0 Å². The second-order valence-electron chi connectivity index (χ2n) is 5.66. The zero-order valence-corrected chi connectivity index (χ0v) is 13.6. The van der Waals surface area contributed by atoms with Crippen molar-refractivity contribution in [3.05, 3.63) is 39.2 Å². The molecule has 6 heteroatoms. The number of nitro groups is 1. The van der Waals surface area contributed by atoms with E-state index in [2.05, 4.69) is 6.92 Å². The molecule has 0 aliphatic heterocycles. The Balaban J connectivity index is 3.11. The van der Waals surface area contributed by atoms with Crippen molar-refractivity contribution in [2.75, 3.05) is 6.54 Å². The van der Waals surface area contributed by atoms with E-state index in [1.54, 1.807) is 4.90 Å². The molecule has 22 heavy (non-hydrogen) atoms. The maximum absolute atomic E-state index is 13.9. The molecule has 1 aromatic carbocycles. The number of rotatable bonds is 7. The minimum Gasteiger partial charge on any atom is -0.336 e. The first kappa shape index (κ1) is 18.1. The maximum atomic E-state index is 13.9. The predicted molar refractivity (Wildman–Crippen MR) is 83.5 cm³/mol. The van der Waals surface area contributed by atoms with E-state index >= 15 is 0 Å². The second-order valence-corrected chi connectivity index (χ2v) is 5.66. The summed E-state index contributed by atoms with van der Waals surface area (Å²) in [7, 11) is 0. The molecule has 0 aromatic heterocycles. The van der Waals surface area contributed by atoms with Crippen molar-refractivity contribution >= 4 is 11.6 Å². The van der Waals surface area contributed by atoms with Crippen LogP contribution in [0.3, 0.4) is 0 Å². The second kappa shape index (κ2) is 7.87. The highest BCUT2D eigenvalue weighted by Gasteiger charge is 2.23. The first-order valence-electron chi connectivity index (χ1n) is 7.55. The quantitative estimate of drug-likeness (QED) is 0.433. The normalized spacial score (nSPS) is 10.8. The van der Waals surface area contributed by atoms with E-state index < -0.39 is 10.7 Å². The Hall–Kier alpha value is -1.98. The molecule has 0 saturated heterocycles. The van der Waals surface area contributed by atoms with Crippen molar-refractivity contribution in [3.63, 3.8) is 0 Å². The summed E-state index contributed by atoms with van der Waals surface area (Å²) in [6.45, 7) is 7.72. The van der Waals surface area contributed by atoms with Gasteiger partial charge in [-0.3, -0.25) is 14.9 Å². The Morgan fingerprint density at radius 2 is 2.00 bits per heavy atom. The van der Waals surface area contributed by atoms with Gasteiger partial charge in [-0.05, 0) is 33.3 Å². The number of carbonyl (C=O) groups excluding carboxylic acids is 1. The Kier molecular flexibility index (Phi) is 6.46. The largest absolute Gasteiger partial charge is 0.336 e. The smallest absolute Gasteiger partial charge is 0.276 e. The van der Waals surface area contributed by atoms with E-state index in [1.165, 1.54) is 6.92 Å². The van der Waals surface area contributed by atoms with Crippen LogP contribution < -0.4 is 0 Å². The zero-order chi connectivity index (χ0) is 16.9. The van der Waals surface area contributed by atoms with Crippen molar-refractivity contribution in [1.29, 1.82) is 0 Å². The number of amides is 1. The third-order valence-corrected chi connectivity index (χ3v) is 3.65. The van der Waals surface area contributed by atoms with Gasteiger partial charge in [0.15, 0.2) is 0 Å². The average molecular weight is 310 g/mol. The van der Waals surface area contributed by atoms with Gasteiger partial charge in [-0.1, -0.05) is 19.8 Å². The van der Waals surface area contributed by atoms with E-state index in [0.717, 1.165) is 31.4 Å². The topological polar surface area (TPSA) is 63.5 Å². The lowest BCUT2D eigenvalue weighted by Gasteiger charge is -2.27. The molecule has 1 amide bonds. The standard InChI is InChI=1S/C16H23FN2O3/c1-5-6-7-8-18(11(2)3)16(20)13-9-14(17)12(4)15(10-13)19(21)22/h9-11H,5-8H2,1-4H3. The minimum absolute atomic E-state index is 0.0278. The van der Waals surface area contributed by atoms with Gasteiger partial charge < -0.3 is 4.90 Å². The van der Waals surface area contributed by atoms with Gasteiger partial charge in [-0.25, -0.2) is 4.39 Å². The number of halogens is 1. The van der Waals surface area contributed by atoms with Gasteiger partial charge in [0, 0.05) is 24.2 Å². The molecule has 0 saturated carbocycles. The summed E-state index contributed by atoms with van der Waals surface area (Å²) in [6.07, 6.45) is 2.89. The molecule has 0 N–H and O–H groups in total. The van der Waals surface area contributed by atoms with Crippen LogP contribution in [0.2, 0.25) is 0 Å². The van der Waals surface area contributed by atoms with Gasteiger partial charge in [0.05, 0.1) is 10.5 Å². The van der Waals surface area contributed by atoms with Gasteiger partial charge in [0.1, 0.15) is 5.82 Å². The number of nitrogens with zero attached hydrogens (tertiary/aromatic N) is 2. The fraction of sp³-hybridized carbons (Fsp3) is 0.562. The number of hydrogen-bond donors (Lipinski definition) is 0. The van der Waals surface area contributed by atoms with Gasteiger partial charge in [0.2, 0.25) is 0 Å². The van der Waals surface area contributed by atoms with Crippen LogP contribution in [-0.4, -0.2) is 28.3 Å². The summed E-state index contributed by atoms with van der Waals surface area (Å²) in [5.41, 5.74) is -0.385. The molecule has 1 rings (SSSR count). The Morgan fingerprint density at radius 1 is 1.36 bits per heavy atom. The van der Waals surface area contributed by atoms with Crippen LogP contribution in [0.15, 0.2) is 12.1 Å². The zero-order valence-electron chi connectivity index (χ0n) is 13.6. The fourth-order valence-electron chi connectivity index (χ4n) is 2.27. The van der Waals surface area contributed by atoms with E-state index in [1.807, 2.05) is 13.8 Å². The van der Waals surface area contributed by atoms with Gasteiger partial charge in [-0.2, -0.15) is 0 Å². The van der Waals surface area contributed by atoms with E-state index in [-0.39, 0.29) is 28.8 Å². The van der Waals surface area contributed by atoms with Crippen LogP contribution >= 0.6 is 0 Å². The lowest BCUT2D eigenvalue weighted by molar-refractivity contribution is -0.385. The molecule has 0 heterocycles. The lowest BCUT2D eigenvalue weighted by Crippen LogP contribution is -2.37. The van der Waals surface area contributed by atoms with Crippen LogP contribution in [0.25, 0.3) is 0 Å². The molecule has 0 aliphatic rings. The number of unbranched alkanes of at least 4 members (excludes halogenated alkanes) is 2. The Bertz CT molecular complexity index is 559. The Labute approximate surface area is 130 Å². The Morgan fingerprint density at radius 3 is 2.50 bits per heavy atom. The van der Waals surface area contributed by atoms with Crippen molar-refractivity contribution in [2.45, 2.75) is 53.0 Å². The van der Waals surface area contributed by atoms with E-state index in [4.69, 9.17) is 0 Å². The first-order chi connectivity index (χ1) is 10.3. The number of hydrogen-bond acceptors (Lipinski definition) is 3. The highest BCUT2D eigenvalue weighted by molar-refractivity contribution is 5.95. The molecule has 0 unspecified atom stereocenters. The summed E-state index contributed by atoms with van der Waals surface area (Å²) in [6, 6.07) is 2.20. The highest BCUT2D eigenvalue weighted by atomic mass is 19.1. The van der Waals surface area contributed by atoms with Crippen LogP contribution in [0.4, 0.5) is 10.1 Å². The first-order valence-corrected chi connectivity index (χ1v) is 7.55.